The molecule has 0 aliphatic carbocycles. The molecule has 1 heterocycles. The van der Waals surface area contributed by atoms with E-state index in [1.54, 1.807) is 0 Å². The molecule has 0 atom stereocenters. The van der Waals surface area contributed by atoms with Crippen molar-refractivity contribution in [1.82, 2.24) is 4.98 Å². The Kier molecular flexibility index (Phi) is 3.28. The fourth-order valence-electron chi connectivity index (χ4n) is 1.63. The maximum absolute atomic E-state index is 5.87. The Morgan fingerprint density at radius 3 is 2.47 bits per heavy atom. The molecule has 17 heavy (non-hydrogen) atoms. The quantitative estimate of drug-likeness (QED) is 0.846. The zero-order valence-corrected chi connectivity index (χ0v) is 10.2. The third-order valence-electron chi connectivity index (χ3n) is 2.69. The van der Waals surface area contributed by atoms with E-state index in [1.165, 1.54) is 5.56 Å². The molecule has 0 saturated carbocycles. The second-order valence-electron chi connectivity index (χ2n) is 4.07. The molecule has 2 rings (SSSR count). The van der Waals surface area contributed by atoms with Gasteiger partial charge in [-0.25, -0.2) is 4.98 Å². The lowest BCUT2D eigenvalue weighted by Gasteiger charge is -2.09. The van der Waals surface area contributed by atoms with Crippen LogP contribution in [0.4, 0.5) is 17.2 Å². The second-order valence-corrected chi connectivity index (χ2v) is 4.07. The minimum absolute atomic E-state index is 0.662. The highest BCUT2D eigenvalue weighted by Crippen LogP contribution is 2.21. The van der Waals surface area contributed by atoms with Gasteiger partial charge in [-0.2, -0.15) is 0 Å². The van der Waals surface area contributed by atoms with Crippen molar-refractivity contribution in [2.24, 2.45) is 0 Å². The third-order valence-corrected chi connectivity index (χ3v) is 2.69. The van der Waals surface area contributed by atoms with Crippen LogP contribution in [0, 0.1) is 6.92 Å². The first kappa shape index (κ1) is 11.5. The van der Waals surface area contributed by atoms with E-state index in [1.807, 2.05) is 31.2 Å². The molecule has 2 aromatic rings. The molecule has 0 spiro atoms. The number of benzene rings is 1. The Bertz CT molecular complexity index is 503. The molecule has 1 aromatic heterocycles. The van der Waals surface area contributed by atoms with Gasteiger partial charge >= 0.3 is 0 Å². The van der Waals surface area contributed by atoms with Gasteiger partial charge in [-0.3, -0.25) is 0 Å². The number of anilines is 3. The summed E-state index contributed by atoms with van der Waals surface area (Å²) in [6.45, 7) is 4.09. The molecule has 0 fully saturated rings. The zero-order chi connectivity index (χ0) is 12.3. The lowest BCUT2D eigenvalue weighted by Crippen LogP contribution is -2.00. The van der Waals surface area contributed by atoms with Crippen LogP contribution >= 0.6 is 0 Å². The summed E-state index contributed by atoms with van der Waals surface area (Å²) in [5.74, 6) is 0.717. The maximum Gasteiger partial charge on any atom is 0.153 e. The Morgan fingerprint density at radius 1 is 1.12 bits per heavy atom. The van der Waals surface area contributed by atoms with Gasteiger partial charge < -0.3 is 11.1 Å². The Balaban J connectivity index is 2.22. The van der Waals surface area contributed by atoms with E-state index in [-0.39, 0.29) is 0 Å². The van der Waals surface area contributed by atoms with Crippen molar-refractivity contribution in [3.8, 4) is 0 Å². The lowest BCUT2D eigenvalue weighted by molar-refractivity contribution is 1.14. The Morgan fingerprint density at radius 2 is 1.82 bits per heavy atom. The molecule has 0 radical (unpaired) electrons. The van der Waals surface area contributed by atoms with Gasteiger partial charge in [0, 0.05) is 11.4 Å². The van der Waals surface area contributed by atoms with E-state index in [9.17, 15) is 0 Å². The smallest absolute Gasteiger partial charge is 0.153 e. The first-order valence-corrected chi connectivity index (χ1v) is 5.78. The number of aromatic nitrogens is 1. The molecule has 0 unspecified atom stereocenters. The fraction of sp³-hybridized carbons (Fsp3) is 0.214. The highest BCUT2D eigenvalue weighted by atomic mass is 15.0. The molecule has 3 N–H and O–H groups in total. The van der Waals surface area contributed by atoms with Gasteiger partial charge in [0.15, 0.2) is 5.82 Å². The molecule has 0 saturated heterocycles. The van der Waals surface area contributed by atoms with E-state index < -0.39 is 0 Å². The summed E-state index contributed by atoms with van der Waals surface area (Å²) in [5.41, 5.74) is 9.81. The van der Waals surface area contributed by atoms with Crippen LogP contribution in [0.5, 0.6) is 0 Å². The van der Waals surface area contributed by atoms with Gasteiger partial charge in [0.2, 0.25) is 0 Å². The third kappa shape index (κ3) is 2.75. The van der Waals surface area contributed by atoms with Gasteiger partial charge in [0.05, 0.1) is 5.69 Å². The van der Waals surface area contributed by atoms with Crippen LogP contribution < -0.4 is 11.1 Å². The Labute approximate surface area is 102 Å². The van der Waals surface area contributed by atoms with Gasteiger partial charge in [-0.05, 0) is 43.2 Å². The molecule has 3 heteroatoms. The number of aryl methyl sites for hydroxylation is 2. The van der Waals surface area contributed by atoms with Crippen LogP contribution in [0.2, 0.25) is 0 Å². The van der Waals surface area contributed by atoms with Gasteiger partial charge in [-0.1, -0.05) is 19.1 Å². The average Bonchev–Trinajstić information content (AvgIpc) is 2.35. The molecule has 0 amide bonds. The number of nitrogens with two attached hydrogens (primary N) is 1. The summed E-state index contributed by atoms with van der Waals surface area (Å²) in [6, 6.07) is 12.1. The van der Waals surface area contributed by atoms with E-state index in [0.717, 1.165) is 17.8 Å². The highest BCUT2D eigenvalue weighted by molar-refractivity contribution is 5.68. The van der Waals surface area contributed by atoms with Crippen molar-refractivity contribution in [3.63, 3.8) is 0 Å². The van der Waals surface area contributed by atoms with Gasteiger partial charge in [0.25, 0.3) is 0 Å². The molecule has 0 aliphatic rings. The summed E-state index contributed by atoms with van der Waals surface area (Å²) in [4.78, 5) is 4.37. The van der Waals surface area contributed by atoms with Crippen molar-refractivity contribution in [1.29, 1.82) is 0 Å². The highest BCUT2D eigenvalue weighted by Gasteiger charge is 2.01. The maximum atomic E-state index is 5.87. The lowest BCUT2D eigenvalue weighted by atomic mass is 10.1. The summed E-state index contributed by atoms with van der Waals surface area (Å²) in [7, 11) is 0. The number of rotatable bonds is 3. The van der Waals surface area contributed by atoms with Crippen LogP contribution in [0.25, 0.3) is 0 Å². The topological polar surface area (TPSA) is 50.9 Å². The van der Waals surface area contributed by atoms with Crippen molar-refractivity contribution in [3.05, 3.63) is 47.7 Å². The van der Waals surface area contributed by atoms with Crippen molar-refractivity contribution in [2.45, 2.75) is 20.3 Å². The molecule has 3 nitrogen and oxygen atoms in total. The number of nitrogens with zero attached hydrogens (tertiary/aromatic N) is 1. The molecule has 0 bridgehead atoms. The molecule has 1 aromatic carbocycles. The number of hydrogen-bond acceptors (Lipinski definition) is 3. The van der Waals surface area contributed by atoms with Crippen molar-refractivity contribution in [2.75, 3.05) is 11.1 Å². The number of nitrogen functional groups attached to an aromatic ring is 1. The molecule has 88 valence electrons. The van der Waals surface area contributed by atoms with E-state index in [2.05, 4.69) is 29.4 Å². The van der Waals surface area contributed by atoms with E-state index in [4.69, 9.17) is 5.73 Å². The fourth-order valence-corrected chi connectivity index (χ4v) is 1.63. The summed E-state index contributed by atoms with van der Waals surface area (Å²) < 4.78 is 0. The SMILES string of the molecule is CCc1ccc(Nc2nc(C)ccc2N)cc1. The monoisotopic (exact) mass is 227 g/mol. The Hall–Kier alpha value is -2.03. The number of pyridine rings is 1. The van der Waals surface area contributed by atoms with Crippen molar-refractivity contribution < 1.29 is 0 Å². The molecular weight excluding hydrogens is 210 g/mol. The van der Waals surface area contributed by atoms with Crippen LogP contribution in [0.3, 0.4) is 0 Å². The predicted molar refractivity (Wildman–Crippen MR) is 72.5 cm³/mol. The van der Waals surface area contributed by atoms with Gasteiger partial charge in [-0.15, -0.1) is 0 Å². The summed E-state index contributed by atoms with van der Waals surface area (Å²) >= 11 is 0. The van der Waals surface area contributed by atoms with E-state index >= 15 is 0 Å². The second kappa shape index (κ2) is 4.87. The predicted octanol–water partition coefficient (Wildman–Crippen LogP) is 3.28. The minimum Gasteiger partial charge on any atom is -0.396 e. The summed E-state index contributed by atoms with van der Waals surface area (Å²) in [5, 5.41) is 3.23. The first-order chi connectivity index (χ1) is 8.19. The van der Waals surface area contributed by atoms with Crippen LogP contribution in [0.15, 0.2) is 36.4 Å². The van der Waals surface area contributed by atoms with Crippen molar-refractivity contribution >= 4 is 17.2 Å². The van der Waals surface area contributed by atoms with Crippen LogP contribution in [0.1, 0.15) is 18.2 Å². The normalized spacial score (nSPS) is 10.2. The van der Waals surface area contributed by atoms with Crippen LogP contribution in [-0.2, 0) is 6.42 Å². The average molecular weight is 227 g/mol. The first-order valence-electron chi connectivity index (χ1n) is 5.78. The van der Waals surface area contributed by atoms with E-state index in [0.29, 0.717) is 11.5 Å². The molecular formula is C14H17N3. The largest absolute Gasteiger partial charge is 0.396 e. The van der Waals surface area contributed by atoms with Gasteiger partial charge in [0.1, 0.15) is 0 Å². The van der Waals surface area contributed by atoms with Crippen LogP contribution in [-0.4, -0.2) is 4.98 Å². The molecule has 0 aliphatic heterocycles. The zero-order valence-electron chi connectivity index (χ0n) is 10.2. The minimum atomic E-state index is 0.662. The number of hydrogen-bond donors (Lipinski definition) is 2. The summed E-state index contributed by atoms with van der Waals surface area (Å²) in [6.07, 6.45) is 1.05. The standard InChI is InChI=1S/C14H17N3/c1-3-11-5-7-12(8-6-11)17-14-13(15)9-4-10(2)16-14/h4-9H,3,15H2,1-2H3,(H,16,17). The number of nitrogens with one attached hydrogen (secondary N) is 1.